The molecule has 1 aromatic heterocycles. The van der Waals surface area contributed by atoms with Gasteiger partial charge in [0.2, 0.25) is 0 Å². The van der Waals surface area contributed by atoms with Gasteiger partial charge in [-0.15, -0.1) is 5.10 Å². The van der Waals surface area contributed by atoms with Crippen molar-refractivity contribution < 1.29 is 4.92 Å². The molecule has 3 rings (SSSR count). The second-order valence-electron chi connectivity index (χ2n) is 4.28. The van der Waals surface area contributed by atoms with E-state index in [1.54, 1.807) is 16.7 Å². The topological polar surface area (TPSA) is 73.8 Å². The monoisotopic (exact) mass is 297 g/mol. The lowest BCUT2D eigenvalue weighted by Crippen LogP contribution is -1.99. The van der Waals surface area contributed by atoms with Crippen LogP contribution in [0.5, 0.6) is 0 Å². The van der Waals surface area contributed by atoms with Crippen LogP contribution in [0.25, 0.3) is 17.1 Å². The molecule has 0 saturated heterocycles. The molecule has 0 atom stereocenters. The molecule has 0 unspecified atom stereocenters. The van der Waals surface area contributed by atoms with Crippen molar-refractivity contribution in [3.05, 3.63) is 64.7 Å². The molecule has 0 saturated carbocycles. The number of nitro groups is 1. The highest BCUT2D eigenvalue weighted by Crippen LogP contribution is 2.24. The quantitative estimate of drug-likeness (QED) is 0.422. The van der Waals surface area contributed by atoms with Crippen LogP contribution >= 0.6 is 0 Å². The van der Waals surface area contributed by atoms with E-state index in [4.69, 9.17) is 12.6 Å². The van der Waals surface area contributed by atoms with Crippen LogP contribution in [0, 0.1) is 10.1 Å². The largest absolute Gasteiger partial charge is 0.740 e. The second-order valence-corrected chi connectivity index (χ2v) is 4.65. The lowest BCUT2D eigenvalue weighted by atomic mass is 10.2. The van der Waals surface area contributed by atoms with Gasteiger partial charge in [-0.05, 0) is 24.3 Å². The fourth-order valence-electron chi connectivity index (χ4n) is 2.00. The van der Waals surface area contributed by atoms with Gasteiger partial charge in [0.15, 0.2) is 5.82 Å². The average Bonchev–Trinajstić information content (AvgIpc) is 2.90. The predicted octanol–water partition coefficient (Wildman–Crippen LogP) is 2.75. The number of aromatic nitrogens is 3. The summed E-state index contributed by atoms with van der Waals surface area (Å²) >= 11 is 5.20. The molecule has 0 radical (unpaired) electrons. The van der Waals surface area contributed by atoms with E-state index in [0.717, 1.165) is 5.69 Å². The number of nitrogens with zero attached hydrogens (tertiary/aromatic N) is 4. The minimum absolute atomic E-state index is 0.0307. The highest BCUT2D eigenvalue weighted by molar-refractivity contribution is 7.58. The summed E-state index contributed by atoms with van der Waals surface area (Å²) in [5.41, 5.74) is 1.59. The molecule has 0 fully saturated rings. The van der Waals surface area contributed by atoms with Crippen molar-refractivity contribution in [2.45, 2.75) is 5.16 Å². The van der Waals surface area contributed by atoms with Crippen molar-refractivity contribution in [3.63, 3.8) is 0 Å². The molecule has 3 aromatic rings. The molecular weight excluding hydrogens is 288 g/mol. The number of non-ortho nitro benzene ring substituents is 1. The smallest absolute Gasteiger partial charge is 0.269 e. The summed E-state index contributed by atoms with van der Waals surface area (Å²) in [7, 11) is 0. The summed E-state index contributed by atoms with van der Waals surface area (Å²) in [6.07, 6.45) is 0. The molecule has 0 aliphatic carbocycles. The molecule has 0 aliphatic rings. The summed E-state index contributed by atoms with van der Waals surface area (Å²) in [5, 5.41) is 19.0. The number of hydrogen-bond donors (Lipinski definition) is 0. The van der Waals surface area contributed by atoms with Gasteiger partial charge in [0, 0.05) is 28.5 Å². The number of nitro benzene ring substituents is 1. The molecular formula is C14H9N4O2S-. The minimum atomic E-state index is -0.440. The van der Waals surface area contributed by atoms with Crippen LogP contribution in [-0.2, 0) is 12.6 Å². The summed E-state index contributed by atoms with van der Waals surface area (Å²) in [6, 6.07) is 15.6. The Kier molecular flexibility index (Phi) is 3.33. The van der Waals surface area contributed by atoms with Gasteiger partial charge in [-0.3, -0.25) is 14.7 Å². The van der Waals surface area contributed by atoms with Crippen LogP contribution in [0.1, 0.15) is 0 Å². The zero-order chi connectivity index (χ0) is 14.8. The van der Waals surface area contributed by atoms with Crippen molar-refractivity contribution >= 4 is 18.3 Å². The molecule has 6 nitrogen and oxygen atoms in total. The first-order valence-electron chi connectivity index (χ1n) is 6.09. The van der Waals surface area contributed by atoms with E-state index in [2.05, 4.69) is 10.2 Å². The van der Waals surface area contributed by atoms with Gasteiger partial charge in [-0.1, -0.05) is 18.2 Å². The van der Waals surface area contributed by atoms with E-state index in [1.807, 2.05) is 30.3 Å². The Labute approximate surface area is 125 Å². The molecule has 0 N–H and O–H groups in total. The van der Waals surface area contributed by atoms with Crippen LogP contribution in [0.4, 0.5) is 5.69 Å². The number of benzene rings is 2. The lowest BCUT2D eigenvalue weighted by Gasteiger charge is -2.12. The number of rotatable bonds is 3. The van der Waals surface area contributed by atoms with E-state index in [-0.39, 0.29) is 5.69 Å². The highest BCUT2D eigenvalue weighted by atomic mass is 32.1. The zero-order valence-corrected chi connectivity index (χ0v) is 11.5. The average molecular weight is 297 g/mol. The first-order chi connectivity index (χ1) is 10.2. The van der Waals surface area contributed by atoms with Gasteiger partial charge >= 0.3 is 0 Å². The molecule has 0 amide bonds. The first kappa shape index (κ1) is 13.2. The third-order valence-electron chi connectivity index (χ3n) is 2.98. The summed E-state index contributed by atoms with van der Waals surface area (Å²) in [5.74, 6) is 0.557. The van der Waals surface area contributed by atoms with Gasteiger partial charge in [0.25, 0.3) is 5.69 Å². The summed E-state index contributed by atoms with van der Waals surface area (Å²) < 4.78 is 1.73. The highest BCUT2D eigenvalue weighted by Gasteiger charge is 2.11. The van der Waals surface area contributed by atoms with Crippen molar-refractivity contribution in [1.29, 1.82) is 0 Å². The van der Waals surface area contributed by atoms with E-state index >= 15 is 0 Å². The van der Waals surface area contributed by atoms with Crippen molar-refractivity contribution in [2.24, 2.45) is 0 Å². The Hall–Kier alpha value is -2.80. The third kappa shape index (κ3) is 2.46. The first-order valence-corrected chi connectivity index (χ1v) is 6.50. The summed E-state index contributed by atoms with van der Waals surface area (Å²) in [4.78, 5) is 10.3. The number of para-hydroxylation sites is 1. The summed E-state index contributed by atoms with van der Waals surface area (Å²) in [6.45, 7) is 0. The Morgan fingerprint density at radius 2 is 1.67 bits per heavy atom. The molecule has 0 bridgehead atoms. The van der Waals surface area contributed by atoms with E-state index in [1.165, 1.54) is 12.1 Å². The van der Waals surface area contributed by atoms with Gasteiger partial charge in [-0.2, -0.15) is 5.10 Å². The molecule has 0 aliphatic heterocycles. The second kappa shape index (κ2) is 5.29. The Bertz CT molecular complexity index is 784. The number of hydrogen-bond acceptors (Lipinski definition) is 5. The molecule has 1 heterocycles. The van der Waals surface area contributed by atoms with E-state index < -0.39 is 4.92 Å². The maximum atomic E-state index is 10.7. The van der Waals surface area contributed by atoms with Gasteiger partial charge < -0.3 is 12.6 Å². The lowest BCUT2D eigenvalue weighted by molar-refractivity contribution is -0.384. The predicted molar refractivity (Wildman–Crippen MR) is 79.1 cm³/mol. The van der Waals surface area contributed by atoms with Crippen LogP contribution in [0.15, 0.2) is 59.8 Å². The van der Waals surface area contributed by atoms with Gasteiger partial charge in [0.1, 0.15) is 0 Å². The van der Waals surface area contributed by atoms with Crippen LogP contribution in [0.3, 0.4) is 0 Å². The maximum Gasteiger partial charge on any atom is 0.269 e. The Morgan fingerprint density at radius 3 is 2.29 bits per heavy atom. The molecule has 21 heavy (non-hydrogen) atoms. The van der Waals surface area contributed by atoms with Gasteiger partial charge in [-0.25, -0.2) is 0 Å². The molecule has 7 heteroatoms. The fraction of sp³-hybridized carbons (Fsp3) is 0. The van der Waals surface area contributed by atoms with Crippen LogP contribution in [0.2, 0.25) is 0 Å². The zero-order valence-electron chi connectivity index (χ0n) is 10.7. The van der Waals surface area contributed by atoms with Crippen molar-refractivity contribution in [3.8, 4) is 17.1 Å². The normalized spacial score (nSPS) is 10.5. The standard InChI is InChI=1S/C14H10N4O2S/c19-18(20)12-8-6-10(7-9-12)13-15-16-14(21)17(13)11-4-2-1-3-5-11/h1-9H,(H,16,21)/p-1. The SMILES string of the molecule is O=[N+]([O-])c1ccc(-c2nnc([S-])n2-c2ccccc2)cc1. The fourth-order valence-corrected chi connectivity index (χ4v) is 2.23. The third-order valence-corrected chi connectivity index (χ3v) is 3.25. The molecule has 104 valence electrons. The Morgan fingerprint density at radius 1 is 1.00 bits per heavy atom. The molecule has 2 aromatic carbocycles. The molecule has 0 spiro atoms. The van der Waals surface area contributed by atoms with Gasteiger partial charge in [0.05, 0.1) is 4.92 Å². The van der Waals surface area contributed by atoms with Crippen LogP contribution in [-0.4, -0.2) is 19.7 Å². The van der Waals surface area contributed by atoms with Crippen molar-refractivity contribution in [1.82, 2.24) is 14.8 Å². The minimum Gasteiger partial charge on any atom is -0.740 e. The maximum absolute atomic E-state index is 10.7. The van der Waals surface area contributed by atoms with E-state index in [0.29, 0.717) is 16.5 Å². The van der Waals surface area contributed by atoms with Crippen molar-refractivity contribution in [2.75, 3.05) is 0 Å². The Balaban J connectivity index is 2.10. The van der Waals surface area contributed by atoms with Crippen LogP contribution < -0.4 is 0 Å². The van der Waals surface area contributed by atoms with E-state index in [9.17, 15) is 10.1 Å².